The van der Waals surface area contributed by atoms with Crippen molar-refractivity contribution in [1.82, 2.24) is 4.90 Å². The van der Waals surface area contributed by atoms with Crippen LogP contribution in [-0.2, 0) is 23.9 Å². The van der Waals surface area contributed by atoms with E-state index in [-0.39, 0.29) is 30.1 Å². The lowest BCUT2D eigenvalue weighted by atomic mass is 9.62. The Hall–Kier alpha value is -1.73. The minimum absolute atomic E-state index is 0.0281. The van der Waals surface area contributed by atoms with Crippen LogP contribution in [0.3, 0.4) is 0 Å². The van der Waals surface area contributed by atoms with Gasteiger partial charge in [-0.05, 0) is 37.0 Å². The summed E-state index contributed by atoms with van der Waals surface area (Å²) >= 11 is 0. The first-order valence-corrected chi connectivity index (χ1v) is 10.4. The number of rotatable bonds is 3. The Balaban J connectivity index is 1.48. The number of esters is 1. The second-order valence-corrected chi connectivity index (χ2v) is 9.08. The van der Waals surface area contributed by atoms with Crippen LogP contribution >= 0.6 is 0 Å². The Morgan fingerprint density at radius 2 is 2.00 bits per heavy atom. The first-order valence-electron chi connectivity index (χ1n) is 10.4. The van der Waals surface area contributed by atoms with Crippen LogP contribution < -0.4 is 0 Å². The molecule has 1 saturated carbocycles. The largest absolute Gasteiger partial charge is 0.469 e. The summed E-state index contributed by atoms with van der Waals surface area (Å²) in [7, 11) is 1.26. The summed E-state index contributed by atoms with van der Waals surface area (Å²) in [5, 5.41) is 11.3. The first kappa shape index (κ1) is 18.3. The van der Waals surface area contributed by atoms with Crippen molar-refractivity contribution >= 4 is 17.7 Å². The zero-order valence-corrected chi connectivity index (χ0v) is 16.3. The van der Waals surface area contributed by atoms with Crippen LogP contribution in [0.1, 0.15) is 39.0 Å². The first-order chi connectivity index (χ1) is 13.4. The van der Waals surface area contributed by atoms with E-state index in [1.165, 1.54) is 18.4 Å². The highest BCUT2D eigenvalue weighted by atomic mass is 16.7. The number of methoxy groups -OCH3 is 1. The minimum atomic E-state index is -1.78. The molecule has 7 nitrogen and oxygen atoms in total. The van der Waals surface area contributed by atoms with E-state index in [1.54, 1.807) is 0 Å². The Labute approximate surface area is 164 Å². The molecule has 0 aromatic rings. The normalized spacial score (nSPS) is 48.7. The monoisotopic (exact) mass is 389 g/mol. The number of aliphatic hydroxyl groups is 1. The van der Waals surface area contributed by atoms with Crippen LogP contribution in [0.5, 0.6) is 0 Å². The highest BCUT2D eigenvalue weighted by Gasteiger charge is 2.87. The number of amides is 1. The summed E-state index contributed by atoms with van der Waals surface area (Å²) in [6.45, 7) is 2.25. The fraction of sp³-hybridized carbons (Fsp3) is 0.762. The molecule has 4 fully saturated rings. The number of Topliss-reactive ketones (excluding diaryl/α,β-unsaturated/α-hetero) is 1. The average Bonchev–Trinajstić information content (AvgIpc) is 3.33. The summed E-state index contributed by atoms with van der Waals surface area (Å²) in [5.74, 6) is -1.81. The molecule has 0 aromatic carbocycles. The molecule has 7 heteroatoms. The van der Waals surface area contributed by atoms with Crippen LogP contribution in [0.25, 0.3) is 0 Å². The van der Waals surface area contributed by atoms with Gasteiger partial charge in [0.15, 0.2) is 17.6 Å². The Morgan fingerprint density at radius 3 is 2.75 bits per heavy atom. The highest BCUT2D eigenvalue weighted by Crippen LogP contribution is 2.61. The summed E-state index contributed by atoms with van der Waals surface area (Å²) in [5.41, 5.74) is -3.40. The van der Waals surface area contributed by atoms with E-state index in [1.807, 2.05) is 6.92 Å². The van der Waals surface area contributed by atoms with Crippen LogP contribution in [0.15, 0.2) is 12.2 Å². The van der Waals surface area contributed by atoms with Gasteiger partial charge < -0.3 is 19.5 Å². The Morgan fingerprint density at radius 1 is 1.25 bits per heavy atom. The molecule has 1 N–H and O–H groups in total. The maximum Gasteiger partial charge on any atom is 0.313 e. The fourth-order valence-electron chi connectivity index (χ4n) is 6.43. The number of allylic oxidation sites excluding steroid dienone is 2. The number of hydrogen-bond acceptors (Lipinski definition) is 6. The molecule has 0 radical (unpaired) electrons. The minimum Gasteiger partial charge on any atom is -0.469 e. The summed E-state index contributed by atoms with van der Waals surface area (Å²) in [6, 6.07) is 0. The molecule has 0 bridgehead atoms. The van der Waals surface area contributed by atoms with Gasteiger partial charge in [-0.15, -0.1) is 0 Å². The molecule has 1 amide bonds. The molecule has 2 aliphatic carbocycles. The van der Waals surface area contributed by atoms with E-state index < -0.39 is 35.2 Å². The molecule has 2 unspecified atom stereocenters. The van der Waals surface area contributed by atoms with Gasteiger partial charge in [-0.25, -0.2) is 0 Å². The third kappa shape index (κ3) is 2.04. The summed E-state index contributed by atoms with van der Waals surface area (Å²) < 4.78 is 10.5. The predicted molar refractivity (Wildman–Crippen MR) is 96.6 cm³/mol. The second-order valence-electron chi connectivity index (χ2n) is 9.08. The fourth-order valence-corrected chi connectivity index (χ4v) is 6.43. The SMILES string of the molecule is COC(=O)[C@@H]1CCN2C(=O)C3(C(=O)C4[C@H]5CCCC[C@@H]5C=C[C@@H]4C)O[C@@H]3[C@]12O. The molecular weight excluding hydrogens is 362 g/mol. The summed E-state index contributed by atoms with van der Waals surface area (Å²) in [6.07, 6.45) is 7.97. The standard InChI is InChI=1S/C21H27NO6/c1-11-7-8-12-5-3-4-6-13(12)15(11)16(23)20-18(28-20)21(26)14(17(24)27-2)9-10-22(21)19(20)25/h7-8,11-15,18,26H,3-6,9-10H2,1-2H3/t11-,12+,13-,14-,15?,18-,20?,21+/m0/s1. The Kier molecular flexibility index (Phi) is 3.85. The van der Waals surface area contributed by atoms with Crippen molar-refractivity contribution in [1.29, 1.82) is 0 Å². The number of fused-ring (bicyclic) bond motifs is 4. The van der Waals surface area contributed by atoms with E-state index in [9.17, 15) is 19.5 Å². The van der Waals surface area contributed by atoms with Crippen LogP contribution in [-0.4, -0.2) is 58.8 Å². The molecule has 0 aromatic heterocycles. The van der Waals surface area contributed by atoms with Crippen LogP contribution in [0, 0.1) is 29.6 Å². The van der Waals surface area contributed by atoms with Gasteiger partial charge >= 0.3 is 5.97 Å². The smallest absolute Gasteiger partial charge is 0.313 e. The second kappa shape index (κ2) is 5.89. The molecule has 3 heterocycles. The van der Waals surface area contributed by atoms with E-state index in [2.05, 4.69) is 12.2 Å². The van der Waals surface area contributed by atoms with Crippen LogP contribution in [0.4, 0.5) is 0 Å². The average molecular weight is 389 g/mol. The number of ketones is 1. The number of carbonyl (C=O) groups excluding carboxylic acids is 3. The molecule has 5 aliphatic rings. The Bertz CT molecular complexity index is 779. The quantitative estimate of drug-likeness (QED) is 0.335. The molecule has 3 saturated heterocycles. The van der Waals surface area contributed by atoms with Crippen molar-refractivity contribution in [3.8, 4) is 0 Å². The molecule has 28 heavy (non-hydrogen) atoms. The number of ether oxygens (including phenoxy) is 2. The summed E-state index contributed by atoms with van der Waals surface area (Å²) in [4.78, 5) is 40.4. The van der Waals surface area contributed by atoms with Crippen molar-refractivity contribution in [3.05, 3.63) is 12.2 Å². The zero-order valence-electron chi connectivity index (χ0n) is 16.3. The molecule has 3 aliphatic heterocycles. The molecule has 8 atom stereocenters. The topological polar surface area (TPSA) is 96.4 Å². The van der Waals surface area contributed by atoms with Crippen molar-refractivity contribution in [2.24, 2.45) is 29.6 Å². The number of nitrogens with zero attached hydrogens (tertiary/aromatic N) is 1. The van der Waals surface area contributed by atoms with Gasteiger partial charge in [-0.2, -0.15) is 0 Å². The lowest BCUT2D eigenvalue weighted by molar-refractivity contribution is -0.176. The van der Waals surface area contributed by atoms with Crippen molar-refractivity contribution < 1.29 is 29.0 Å². The molecule has 5 rings (SSSR count). The van der Waals surface area contributed by atoms with Gasteiger partial charge in [0, 0.05) is 12.5 Å². The molecular formula is C21H27NO6. The number of epoxide rings is 1. The van der Waals surface area contributed by atoms with Gasteiger partial charge in [0.05, 0.1) is 7.11 Å². The maximum absolute atomic E-state index is 13.7. The van der Waals surface area contributed by atoms with Gasteiger partial charge in [0.2, 0.25) is 5.60 Å². The van der Waals surface area contributed by atoms with Gasteiger partial charge in [-0.3, -0.25) is 14.4 Å². The van der Waals surface area contributed by atoms with Crippen molar-refractivity contribution in [2.45, 2.75) is 56.5 Å². The maximum atomic E-state index is 13.7. The van der Waals surface area contributed by atoms with Gasteiger partial charge in [0.1, 0.15) is 5.92 Å². The van der Waals surface area contributed by atoms with Crippen molar-refractivity contribution in [2.75, 3.05) is 13.7 Å². The molecule has 152 valence electrons. The lowest BCUT2D eigenvalue weighted by Crippen LogP contribution is -2.52. The van der Waals surface area contributed by atoms with Gasteiger partial charge in [-0.1, -0.05) is 31.9 Å². The van der Waals surface area contributed by atoms with Gasteiger partial charge in [0.25, 0.3) is 5.91 Å². The predicted octanol–water partition coefficient (Wildman–Crippen LogP) is 1.05. The van der Waals surface area contributed by atoms with E-state index >= 15 is 0 Å². The lowest BCUT2D eigenvalue weighted by Gasteiger charge is -2.41. The van der Waals surface area contributed by atoms with Crippen LogP contribution in [0.2, 0.25) is 0 Å². The van der Waals surface area contributed by atoms with E-state index in [0.29, 0.717) is 12.3 Å². The third-order valence-electron chi connectivity index (χ3n) is 7.87. The van der Waals surface area contributed by atoms with E-state index in [4.69, 9.17) is 9.47 Å². The van der Waals surface area contributed by atoms with Crippen molar-refractivity contribution in [3.63, 3.8) is 0 Å². The number of morpholine rings is 1. The zero-order chi connectivity index (χ0) is 19.8. The number of carbonyl (C=O) groups is 3. The van der Waals surface area contributed by atoms with E-state index in [0.717, 1.165) is 19.3 Å². The molecule has 0 spiro atoms. The third-order valence-corrected chi connectivity index (χ3v) is 7.87. The highest BCUT2D eigenvalue weighted by molar-refractivity contribution is 6.16. The number of hydrogen-bond donors (Lipinski definition) is 1.